The third kappa shape index (κ3) is 3.41. The fourth-order valence-corrected chi connectivity index (χ4v) is 3.40. The second kappa shape index (κ2) is 6.35. The smallest absolute Gasteiger partial charge is 0.352 e. The minimum Gasteiger partial charge on any atom is -0.352 e. The molecule has 1 N–H and O–H groups in total. The number of alkyl halides is 3. The highest BCUT2D eigenvalue weighted by molar-refractivity contribution is 7.16. The molecule has 6 nitrogen and oxygen atoms in total. The molecule has 0 unspecified atom stereocenters. The van der Waals surface area contributed by atoms with Crippen LogP contribution in [0.4, 0.5) is 13.2 Å². The quantitative estimate of drug-likeness (QED) is 0.737. The summed E-state index contributed by atoms with van der Waals surface area (Å²) < 4.78 is 39.4. The van der Waals surface area contributed by atoms with Gasteiger partial charge in [0, 0.05) is 24.4 Å². The Morgan fingerprint density at radius 1 is 1.23 bits per heavy atom. The van der Waals surface area contributed by atoms with Crippen molar-refractivity contribution in [2.45, 2.75) is 31.4 Å². The molecule has 0 spiro atoms. The van der Waals surface area contributed by atoms with E-state index in [4.69, 9.17) is 0 Å². The van der Waals surface area contributed by atoms with E-state index < -0.39 is 17.6 Å². The molecule has 136 valence electrons. The van der Waals surface area contributed by atoms with Gasteiger partial charge >= 0.3 is 6.18 Å². The monoisotopic (exact) mass is 381 g/mol. The number of amides is 1. The van der Waals surface area contributed by atoms with Gasteiger partial charge in [0.25, 0.3) is 5.91 Å². The van der Waals surface area contributed by atoms with Crippen LogP contribution in [0.25, 0.3) is 4.96 Å². The zero-order valence-electron chi connectivity index (χ0n) is 13.5. The lowest BCUT2D eigenvalue weighted by Crippen LogP contribution is -2.25. The third-order valence-corrected chi connectivity index (χ3v) is 5.06. The van der Waals surface area contributed by atoms with E-state index in [0.717, 1.165) is 40.8 Å². The molecule has 3 aromatic rings. The molecule has 0 radical (unpaired) electrons. The summed E-state index contributed by atoms with van der Waals surface area (Å²) in [6, 6.07) is 4.14. The maximum absolute atomic E-state index is 12.5. The highest BCUT2D eigenvalue weighted by Crippen LogP contribution is 2.39. The lowest BCUT2D eigenvalue weighted by molar-refractivity contribution is -0.137. The maximum atomic E-state index is 12.5. The number of fused-ring (bicyclic) bond motifs is 1. The van der Waals surface area contributed by atoms with Crippen LogP contribution >= 0.6 is 11.3 Å². The number of benzene rings is 1. The van der Waals surface area contributed by atoms with E-state index >= 15 is 0 Å². The van der Waals surface area contributed by atoms with Crippen LogP contribution in [0.3, 0.4) is 0 Å². The predicted molar refractivity (Wildman–Crippen MR) is 88.1 cm³/mol. The second-order valence-corrected chi connectivity index (χ2v) is 7.14. The first-order valence-electron chi connectivity index (χ1n) is 8.08. The highest BCUT2D eigenvalue weighted by atomic mass is 32.1. The standard InChI is InChI=1S/C16H14F3N5OS/c17-16(18,19)11-5-3-10(4-6-11)14(25)20-8-7-12-23-24-13(9-1-2-9)21-22-15(24)26-12/h3-6,9H,1-2,7-8H2,(H,20,25). The van der Waals surface area contributed by atoms with Crippen molar-refractivity contribution in [3.05, 3.63) is 46.2 Å². The Balaban J connectivity index is 1.34. The minimum absolute atomic E-state index is 0.187. The molecule has 1 saturated carbocycles. The summed E-state index contributed by atoms with van der Waals surface area (Å²) in [5, 5.41) is 16.2. The van der Waals surface area contributed by atoms with Crippen LogP contribution in [0.5, 0.6) is 0 Å². The summed E-state index contributed by atoms with van der Waals surface area (Å²) in [5.41, 5.74) is -0.590. The molecular weight excluding hydrogens is 367 g/mol. The maximum Gasteiger partial charge on any atom is 0.416 e. The summed E-state index contributed by atoms with van der Waals surface area (Å²) in [6.07, 6.45) is -1.68. The lowest BCUT2D eigenvalue weighted by Gasteiger charge is -2.08. The number of rotatable bonds is 5. The predicted octanol–water partition coefficient (Wildman–Crippen LogP) is 3.05. The van der Waals surface area contributed by atoms with E-state index in [1.165, 1.54) is 23.5 Å². The van der Waals surface area contributed by atoms with E-state index in [1.807, 2.05) is 0 Å². The Labute approximate surface area is 150 Å². The van der Waals surface area contributed by atoms with Crippen LogP contribution in [-0.4, -0.2) is 32.3 Å². The first kappa shape index (κ1) is 17.0. The molecule has 1 amide bonds. The average Bonchev–Trinajstić information content (AvgIpc) is 3.24. The number of hydrogen-bond acceptors (Lipinski definition) is 5. The van der Waals surface area contributed by atoms with Gasteiger partial charge in [-0.3, -0.25) is 4.79 Å². The third-order valence-electron chi connectivity index (χ3n) is 4.10. The summed E-state index contributed by atoms with van der Waals surface area (Å²) in [4.78, 5) is 12.8. The van der Waals surface area contributed by atoms with Gasteiger partial charge in [0.2, 0.25) is 4.96 Å². The van der Waals surface area contributed by atoms with Gasteiger partial charge in [-0.25, -0.2) is 0 Å². The number of carbonyl (C=O) groups is 1. The molecule has 4 rings (SSSR count). The summed E-state index contributed by atoms with van der Waals surface area (Å²) in [6.45, 7) is 0.336. The van der Waals surface area contributed by atoms with Crippen molar-refractivity contribution in [1.29, 1.82) is 0 Å². The van der Waals surface area contributed by atoms with Crippen LogP contribution in [-0.2, 0) is 12.6 Å². The van der Waals surface area contributed by atoms with Gasteiger partial charge in [0.05, 0.1) is 5.56 Å². The van der Waals surface area contributed by atoms with E-state index in [9.17, 15) is 18.0 Å². The Kier molecular flexibility index (Phi) is 4.14. The molecule has 2 heterocycles. The average molecular weight is 381 g/mol. The van der Waals surface area contributed by atoms with Gasteiger partial charge in [-0.05, 0) is 37.1 Å². The van der Waals surface area contributed by atoms with Crippen molar-refractivity contribution < 1.29 is 18.0 Å². The van der Waals surface area contributed by atoms with Gasteiger partial charge < -0.3 is 5.32 Å². The van der Waals surface area contributed by atoms with Crippen molar-refractivity contribution in [2.24, 2.45) is 0 Å². The first-order valence-corrected chi connectivity index (χ1v) is 8.90. The SMILES string of the molecule is O=C(NCCc1nn2c(C3CC3)nnc2s1)c1ccc(C(F)(F)F)cc1. The Morgan fingerprint density at radius 3 is 2.62 bits per heavy atom. The normalized spacial score (nSPS) is 14.7. The van der Waals surface area contributed by atoms with E-state index in [2.05, 4.69) is 20.6 Å². The summed E-state index contributed by atoms with van der Waals surface area (Å²) >= 11 is 1.42. The van der Waals surface area contributed by atoms with Crippen LogP contribution in [0.2, 0.25) is 0 Å². The molecule has 26 heavy (non-hydrogen) atoms. The largest absolute Gasteiger partial charge is 0.416 e. The van der Waals surface area contributed by atoms with Crippen molar-refractivity contribution in [3.63, 3.8) is 0 Å². The molecule has 0 saturated heterocycles. The molecule has 1 aromatic carbocycles. The number of nitrogens with one attached hydrogen (secondary N) is 1. The Hall–Kier alpha value is -2.49. The van der Waals surface area contributed by atoms with Crippen LogP contribution in [0.1, 0.15) is 45.5 Å². The van der Waals surface area contributed by atoms with Gasteiger partial charge in [0.15, 0.2) is 5.82 Å². The van der Waals surface area contributed by atoms with Gasteiger partial charge in [-0.2, -0.15) is 22.8 Å². The molecule has 10 heteroatoms. The fraction of sp³-hybridized carbons (Fsp3) is 0.375. The Bertz CT molecular complexity index is 943. The van der Waals surface area contributed by atoms with Crippen LogP contribution in [0.15, 0.2) is 24.3 Å². The molecule has 0 aliphatic heterocycles. The lowest BCUT2D eigenvalue weighted by atomic mass is 10.1. The van der Waals surface area contributed by atoms with Crippen molar-refractivity contribution in [3.8, 4) is 0 Å². The summed E-state index contributed by atoms with van der Waals surface area (Å²) in [7, 11) is 0. The zero-order chi connectivity index (χ0) is 18.3. The van der Waals surface area contributed by atoms with Crippen LogP contribution < -0.4 is 5.32 Å². The molecule has 1 aliphatic rings. The first-order chi connectivity index (χ1) is 12.4. The molecular formula is C16H14F3N5OS. The molecule has 0 atom stereocenters. The molecule has 0 bridgehead atoms. The fourth-order valence-electron chi connectivity index (χ4n) is 2.56. The number of aromatic nitrogens is 4. The van der Waals surface area contributed by atoms with E-state index in [0.29, 0.717) is 18.9 Å². The van der Waals surface area contributed by atoms with E-state index in [-0.39, 0.29) is 5.56 Å². The number of carbonyl (C=O) groups excluding carboxylic acids is 1. The molecule has 1 aliphatic carbocycles. The minimum atomic E-state index is -4.41. The second-order valence-electron chi connectivity index (χ2n) is 6.10. The number of nitrogens with zero attached hydrogens (tertiary/aromatic N) is 4. The van der Waals surface area contributed by atoms with Crippen molar-refractivity contribution >= 4 is 22.2 Å². The molecule has 2 aromatic heterocycles. The summed E-state index contributed by atoms with van der Waals surface area (Å²) in [5.74, 6) is 0.913. The topological polar surface area (TPSA) is 72.2 Å². The Morgan fingerprint density at radius 2 is 1.96 bits per heavy atom. The van der Waals surface area contributed by atoms with Gasteiger partial charge in [-0.1, -0.05) is 11.3 Å². The zero-order valence-corrected chi connectivity index (χ0v) is 14.3. The number of hydrogen-bond donors (Lipinski definition) is 1. The van der Waals surface area contributed by atoms with Gasteiger partial charge in [0.1, 0.15) is 5.01 Å². The number of halogens is 3. The van der Waals surface area contributed by atoms with E-state index in [1.54, 1.807) is 4.52 Å². The van der Waals surface area contributed by atoms with Crippen molar-refractivity contribution in [1.82, 2.24) is 25.1 Å². The molecule has 1 fully saturated rings. The van der Waals surface area contributed by atoms with Crippen LogP contribution in [0, 0.1) is 0 Å². The van der Waals surface area contributed by atoms with Crippen molar-refractivity contribution in [2.75, 3.05) is 6.54 Å². The highest BCUT2D eigenvalue weighted by Gasteiger charge is 2.31. The van der Waals surface area contributed by atoms with Gasteiger partial charge in [-0.15, -0.1) is 10.2 Å².